The van der Waals surface area contributed by atoms with Crippen LogP contribution in [0.2, 0.25) is 0 Å². The molecule has 2 fully saturated rings. The minimum atomic E-state index is -0.842. The summed E-state index contributed by atoms with van der Waals surface area (Å²) in [6.45, 7) is 3.72. The summed E-state index contributed by atoms with van der Waals surface area (Å²) in [5.41, 5.74) is 1.09. The van der Waals surface area contributed by atoms with Crippen molar-refractivity contribution < 1.29 is 19.1 Å². The van der Waals surface area contributed by atoms with Crippen LogP contribution < -0.4 is 5.32 Å². The topological polar surface area (TPSA) is 75.7 Å². The van der Waals surface area contributed by atoms with Gasteiger partial charge in [0.15, 0.2) is 0 Å². The number of hydrogen-bond acceptors (Lipinski definition) is 4. The Kier molecular flexibility index (Phi) is 4.79. The average molecular weight is 344 g/mol. The van der Waals surface area contributed by atoms with Gasteiger partial charge in [0.25, 0.3) is 5.91 Å². The molecule has 1 saturated carbocycles. The number of esters is 1. The molecule has 1 aromatic carbocycles. The van der Waals surface area contributed by atoms with Crippen LogP contribution in [0.3, 0.4) is 0 Å². The van der Waals surface area contributed by atoms with Crippen LogP contribution in [0.5, 0.6) is 0 Å². The number of nitrogens with zero attached hydrogens (tertiary/aromatic N) is 1. The van der Waals surface area contributed by atoms with Crippen LogP contribution in [0.4, 0.5) is 4.79 Å². The van der Waals surface area contributed by atoms with Gasteiger partial charge in [-0.25, -0.2) is 4.79 Å². The lowest BCUT2D eigenvalue weighted by Crippen LogP contribution is -2.54. The normalized spacial score (nSPS) is 26.0. The molecule has 0 unspecified atom stereocenters. The van der Waals surface area contributed by atoms with E-state index in [1.54, 1.807) is 0 Å². The van der Waals surface area contributed by atoms with Crippen molar-refractivity contribution in [1.29, 1.82) is 0 Å². The van der Waals surface area contributed by atoms with E-state index >= 15 is 0 Å². The number of imide groups is 1. The van der Waals surface area contributed by atoms with E-state index in [9.17, 15) is 14.4 Å². The van der Waals surface area contributed by atoms with E-state index in [-0.39, 0.29) is 25.0 Å². The molecule has 1 heterocycles. The Balaban J connectivity index is 1.62. The summed E-state index contributed by atoms with van der Waals surface area (Å²) in [6, 6.07) is 7.12. The average Bonchev–Trinajstić information content (AvgIpc) is 2.82. The molecule has 1 saturated heterocycles. The molecular weight excluding hydrogens is 320 g/mol. The lowest BCUT2D eigenvalue weighted by Gasteiger charge is -2.36. The van der Waals surface area contributed by atoms with Gasteiger partial charge in [0.05, 0.1) is 0 Å². The van der Waals surface area contributed by atoms with Crippen molar-refractivity contribution in [2.45, 2.75) is 51.7 Å². The molecule has 0 aromatic heterocycles. The van der Waals surface area contributed by atoms with Gasteiger partial charge in [-0.15, -0.1) is 0 Å². The molecule has 134 valence electrons. The van der Waals surface area contributed by atoms with Crippen molar-refractivity contribution in [3.63, 3.8) is 0 Å². The van der Waals surface area contributed by atoms with Gasteiger partial charge in [0.2, 0.25) is 0 Å². The maximum Gasteiger partial charge on any atom is 0.326 e. The minimum absolute atomic E-state index is 0.0747. The predicted octanol–water partition coefficient (Wildman–Crippen LogP) is 2.54. The molecule has 3 rings (SSSR count). The van der Waals surface area contributed by atoms with Gasteiger partial charge in [-0.2, -0.15) is 0 Å². The molecule has 2 aliphatic rings. The SMILES string of the molecule is Cc1ccccc1COC(=O)CN1C(=O)N[C@]2(CCCC[C@@H]2C)C1=O. The number of hydrogen-bond donors (Lipinski definition) is 1. The number of ether oxygens (including phenoxy) is 1. The summed E-state index contributed by atoms with van der Waals surface area (Å²) in [7, 11) is 0. The van der Waals surface area contributed by atoms with Crippen LogP contribution in [-0.2, 0) is 20.9 Å². The fourth-order valence-electron chi connectivity index (χ4n) is 3.74. The van der Waals surface area contributed by atoms with Gasteiger partial charge in [0.1, 0.15) is 18.7 Å². The van der Waals surface area contributed by atoms with Gasteiger partial charge in [0, 0.05) is 0 Å². The first-order chi connectivity index (χ1) is 11.9. The maximum atomic E-state index is 12.8. The zero-order chi connectivity index (χ0) is 18.0. The van der Waals surface area contributed by atoms with Crippen LogP contribution in [0.15, 0.2) is 24.3 Å². The van der Waals surface area contributed by atoms with Crippen LogP contribution in [-0.4, -0.2) is 34.9 Å². The summed E-state index contributed by atoms with van der Waals surface area (Å²) >= 11 is 0. The number of benzene rings is 1. The molecule has 6 nitrogen and oxygen atoms in total. The monoisotopic (exact) mass is 344 g/mol. The third-order valence-corrected chi connectivity index (χ3v) is 5.44. The Morgan fingerprint density at radius 1 is 1.32 bits per heavy atom. The number of urea groups is 1. The lowest BCUT2D eigenvalue weighted by molar-refractivity contribution is -0.149. The van der Waals surface area contributed by atoms with Gasteiger partial charge in [-0.05, 0) is 36.8 Å². The van der Waals surface area contributed by atoms with E-state index in [2.05, 4.69) is 5.32 Å². The number of amides is 3. The predicted molar refractivity (Wildman–Crippen MR) is 91.6 cm³/mol. The van der Waals surface area contributed by atoms with Crippen molar-refractivity contribution in [2.24, 2.45) is 5.92 Å². The third kappa shape index (κ3) is 3.25. The number of carbonyl (C=O) groups is 3. The first-order valence-corrected chi connectivity index (χ1v) is 8.78. The Labute approximate surface area is 147 Å². The second-order valence-electron chi connectivity index (χ2n) is 7.03. The standard InChI is InChI=1S/C19H24N2O4/c1-13-7-3-4-9-15(13)12-25-16(22)11-21-17(23)19(20-18(21)24)10-6-5-8-14(19)2/h3-4,7,9,14H,5-6,8,10-12H2,1-2H3,(H,20,24)/t14-,19-/m0/s1. The summed E-state index contributed by atoms with van der Waals surface area (Å²) in [5, 5.41) is 2.84. The summed E-state index contributed by atoms with van der Waals surface area (Å²) in [5.74, 6) is -0.796. The zero-order valence-electron chi connectivity index (χ0n) is 14.7. The van der Waals surface area contributed by atoms with Crippen LogP contribution in [0.1, 0.15) is 43.7 Å². The van der Waals surface area contributed by atoms with Crippen LogP contribution in [0, 0.1) is 12.8 Å². The van der Waals surface area contributed by atoms with E-state index in [4.69, 9.17) is 4.74 Å². The molecule has 1 aliphatic heterocycles. The van der Waals surface area contributed by atoms with Crippen LogP contribution >= 0.6 is 0 Å². The number of nitrogens with one attached hydrogen (secondary N) is 1. The van der Waals surface area contributed by atoms with Crippen LogP contribution in [0.25, 0.3) is 0 Å². The van der Waals surface area contributed by atoms with E-state index in [0.717, 1.165) is 35.3 Å². The lowest BCUT2D eigenvalue weighted by atomic mass is 9.73. The van der Waals surface area contributed by atoms with Crippen molar-refractivity contribution >= 4 is 17.9 Å². The zero-order valence-corrected chi connectivity index (χ0v) is 14.7. The molecule has 3 amide bonds. The van der Waals surface area contributed by atoms with E-state index in [0.29, 0.717) is 6.42 Å². The minimum Gasteiger partial charge on any atom is -0.459 e. The van der Waals surface area contributed by atoms with Gasteiger partial charge >= 0.3 is 12.0 Å². The summed E-state index contributed by atoms with van der Waals surface area (Å²) < 4.78 is 5.26. The number of carbonyl (C=O) groups excluding carboxylic acids is 3. The quantitative estimate of drug-likeness (QED) is 0.673. The first kappa shape index (κ1) is 17.5. The highest BCUT2D eigenvalue weighted by atomic mass is 16.5. The molecule has 1 spiro atoms. The molecule has 2 atom stereocenters. The molecular formula is C19H24N2O4. The van der Waals surface area contributed by atoms with Crippen molar-refractivity contribution in [1.82, 2.24) is 10.2 Å². The largest absolute Gasteiger partial charge is 0.459 e. The van der Waals surface area contributed by atoms with E-state index < -0.39 is 17.5 Å². The Morgan fingerprint density at radius 2 is 2.08 bits per heavy atom. The maximum absolute atomic E-state index is 12.8. The molecule has 0 bridgehead atoms. The summed E-state index contributed by atoms with van der Waals surface area (Å²) in [6.07, 6.45) is 3.50. The summed E-state index contributed by atoms with van der Waals surface area (Å²) in [4.78, 5) is 38.2. The first-order valence-electron chi connectivity index (χ1n) is 8.78. The molecule has 0 radical (unpaired) electrons. The van der Waals surface area contributed by atoms with Crippen molar-refractivity contribution in [3.05, 3.63) is 35.4 Å². The highest BCUT2D eigenvalue weighted by molar-refractivity contribution is 6.08. The fraction of sp³-hybridized carbons (Fsp3) is 0.526. The Hall–Kier alpha value is -2.37. The number of rotatable bonds is 4. The van der Waals surface area contributed by atoms with Crippen molar-refractivity contribution in [3.8, 4) is 0 Å². The highest BCUT2D eigenvalue weighted by Crippen LogP contribution is 2.38. The Morgan fingerprint density at radius 3 is 2.80 bits per heavy atom. The second kappa shape index (κ2) is 6.86. The number of aryl methyl sites for hydroxylation is 1. The smallest absolute Gasteiger partial charge is 0.326 e. The molecule has 1 aliphatic carbocycles. The molecule has 1 aromatic rings. The van der Waals surface area contributed by atoms with Crippen molar-refractivity contribution in [2.75, 3.05) is 6.54 Å². The Bertz CT molecular complexity index is 702. The van der Waals surface area contributed by atoms with Gasteiger partial charge < -0.3 is 10.1 Å². The van der Waals surface area contributed by atoms with E-state index in [1.165, 1.54) is 0 Å². The molecule has 25 heavy (non-hydrogen) atoms. The second-order valence-corrected chi connectivity index (χ2v) is 7.03. The van der Waals surface area contributed by atoms with Gasteiger partial charge in [-0.3, -0.25) is 14.5 Å². The fourth-order valence-corrected chi connectivity index (χ4v) is 3.74. The molecule has 1 N–H and O–H groups in total. The molecule has 6 heteroatoms. The van der Waals surface area contributed by atoms with Gasteiger partial charge in [-0.1, -0.05) is 44.0 Å². The third-order valence-electron chi connectivity index (χ3n) is 5.44. The van der Waals surface area contributed by atoms with E-state index in [1.807, 2.05) is 38.1 Å². The highest BCUT2D eigenvalue weighted by Gasteiger charge is 2.55.